The summed E-state index contributed by atoms with van der Waals surface area (Å²) >= 11 is 1.59. The van der Waals surface area contributed by atoms with E-state index in [0.717, 1.165) is 10.5 Å². The summed E-state index contributed by atoms with van der Waals surface area (Å²) in [7, 11) is 1.29. The zero-order chi connectivity index (χ0) is 18.7. The van der Waals surface area contributed by atoms with Gasteiger partial charge in [0, 0.05) is 17.0 Å². The average Bonchev–Trinajstić information content (AvgIpc) is 2.67. The molecule has 2 heterocycles. The maximum Gasteiger partial charge on any atom is 0.306 e. The van der Waals surface area contributed by atoms with Crippen LogP contribution in [-0.2, 0) is 9.53 Å². The van der Waals surface area contributed by atoms with Gasteiger partial charge in [0.1, 0.15) is 5.65 Å². The van der Waals surface area contributed by atoms with E-state index in [1.54, 1.807) is 36.2 Å². The number of rotatable bonds is 5. The quantitative estimate of drug-likeness (QED) is 0.549. The molecule has 0 unspecified atom stereocenters. The van der Waals surface area contributed by atoms with Crippen LogP contribution in [0, 0.1) is 0 Å². The Morgan fingerprint density at radius 3 is 2.65 bits per heavy atom. The van der Waals surface area contributed by atoms with Crippen LogP contribution >= 0.6 is 11.8 Å². The predicted molar refractivity (Wildman–Crippen MR) is 99.8 cm³/mol. The van der Waals surface area contributed by atoms with E-state index in [2.05, 4.69) is 4.98 Å². The molecule has 0 bridgehead atoms. The maximum absolute atomic E-state index is 13.0. The monoisotopic (exact) mass is 370 g/mol. The van der Waals surface area contributed by atoms with Crippen molar-refractivity contribution in [1.82, 2.24) is 9.38 Å². The molecule has 134 valence electrons. The summed E-state index contributed by atoms with van der Waals surface area (Å²) in [5, 5.41) is 10.4. The first-order chi connectivity index (χ1) is 12.5. The Kier molecular flexibility index (Phi) is 5.27. The third-order valence-electron chi connectivity index (χ3n) is 4.21. The first kappa shape index (κ1) is 18.0. The van der Waals surface area contributed by atoms with E-state index in [9.17, 15) is 14.7 Å². The van der Waals surface area contributed by atoms with Gasteiger partial charge in [-0.2, -0.15) is 4.98 Å². The zero-order valence-electron chi connectivity index (χ0n) is 14.4. The number of carbonyl (C=O) groups is 1. The molecular weight excluding hydrogens is 352 g/mol. The maximum atomic E-state index is 13.0. The molecule has 0 amide bonds. The number of benzene rings is 1. The number of aromatic hydroxyl groups is 1. The molecule has 0 radical (unpaired) electrons. The van der Waals surface area contributed by atoms with Crippen molar-refractivity contribution in [2.75, 3.05) is 13.4 Å². The molecule has 6 nitrogen and oxygen atoms in total. The highest BCUT2D eigenvalue weighted by Gasteiger charge is 2.26. The molecule has 0 saturated heterocycles. The molecule has 1 aromatic carbocycles. The molecule has 0 spiro atoms. The fraction of sp³-hybridized carbons (Fsp3) is 0.211. The van der Waals surface area contributed by atoms with Crippen LogP contribution in [0.5, 0.6) is 5.88 Å². The number of nitrogens with zero attached hydrogens (tertiary/aromatic N) is 2. The number of hydrogen-bond acceptors (Lipinski definition) is 6. The number of esters is 1. The van der Waals surface area contributed by atoms with Gasteiger partial charge in [-0.15, -0.1) is 11.8 Å². The van der Waals surface area contributed by atoms with E-state index >= 15 is 0 Å². The SMILES string of the molecule is COC(=O)C[C@@H](c1ccc(SC)cc1)c1c(O)nc2ccccn2c1=O. The van der Waals surface area contributed by atoms with Crippen LogP contribution in [0.2, 0.25) is 0 Å². The van der Waals surface area contributed by atoms with E-state index in [-0.39, 0.29) is 17.9 Å². The van der Waals surface area contributed by atoms with Gasteiger partial charge in [-0.05, 0) is 36.1 Å². The van der Waals surface area contributed by atoms with Gasteiger partial charge in [0.05, 0.1) is 19.1 Å². The molecule has 0 aliphatic rings. The van der Waals surface area contributed by atoms with Crippen molar-refractivity contribution in [2.45, 2.75) is 17.2 Å². The van der Waals surface area contributed by atoms with Crippen LogP contribution in [0.3, 0.4) is 0 Å². The summed E-state index contributed by atoms with van der Waals surface area (Å²) in [5.41, 5.74) is 0.749. The molecule has 2 aromatic heterocycles. The third kappa shape index (κ3) is 3.43. The van der Waals surface area contributed by atoms with E-state index in [4.69, 9.17) is 4.74 Å². The number of thioether (sulfide) groups is 1. The van der Waals surface area contributed by atoms with Crippen LogP contribution in [-0.4, -0.2) is 33.8 Å². The highest BCUT2D eigenvalue weighted by Crippen LogP contribution is 2.32. The largest absolute Gasteiger partial charge is 0.493 e. The average molecular weight is 370 g/mol. The minimum atomic E-state index is -0.657. The normalized spacial score (nSPS) is 12.1. The summed E-state index contributed by atoms with van der Waals surface area (Å²) in [5.74, 6) is -1.50. The van der Waals surface area contributed by atoms with Crippen molar-refractivity contribution in [1.29, 1.82) is 0 Å². The van der Waals surface area contributed by atoms with Crippen molar-refractivity contribution >= 4 is 23.4 Å². The Labute approximate surface area is 154 Å². The molecule has 3 aromatic rings. The second-order valence-corrected chi connectivity index (χ2v) is 6.57. The predicted octanol–water partition coefficient (Wildman–Crippen LogP) is 2.82. The molecule has 0 aliphatic heterocycles. The van der Waals surface area contributed by atoms with Crippen molar-refractivity contribution in [3.8, 4) is 5.88 Å². The summed E-state index contributed by atoms with van der Waals surface area (Å²) in [6.45, 7) is 0. The Bertz CT molecular complexity index is 999. The minimum Gasteiger partial charge on any atom is -0.493 e. The highest BCUT2D eigenvalue weighted by molar-refractivity contribution is 7.98. The molecule has 26 heavy (non-hydrogen) atoms. The summed E-state index contributed by atoms with van der Waals surface area (Å²) in [6.07, 6.45) is 3.48. The van der Waals surface area contributed by atoms with Gasteiger partial charge in [-0.3, -0.25) is 14.0 Å². The highest BCUT2D eigenvalue weighted by atomic mass is 32.2. The summed E-state index contributed by atoms with van der Waals surface area (Å²) < 4.78 is 6.14. The zero-order valence-corrected chi connectivity index (χ0v) is 15.2. The standard InChI is InChI=1S/C19H18N2O4S/c1-25-16(22)11-14(12-6-8-13(26-2)9-7-12)17-18(23)20-15-5-3-4-10-21(15)19(17)24/h3-10,14,23H,11H2,1-2H3/t14-/m0/s1. The van der Waals surface area contributed by atoms with Gasteiger partial charge < -0.3 is 9.84 Å². The second kappa shape index (κ2) is 7.61. The summed E-state index contributed by atoms with van der Waals surface area (Å²) in [6, 6.07) is 12.6. The number of pyridine rings is 1. The van der Waals surface area contributed by atoms with Gasteiger partial charge >= 0.3 is 5.97 Å². The van der Waals surface area contributed by atoms with E-state index in [1.165, 1.54) is 11.5 Å². The lowest BCUT2D eigenvalue weighted by Gasteiger charge is -2.18. The van der Waals surface area contributed by atoms with Crippen LogP contribution in [0.15, 0.2) is 58.4 Å². The number of carbonyl (C=O) groups excluding carboxylic acids is 1. The number of aromatic nitrogens is 2. The molecule has 0 fully saturated rings. The number of hydrogen-bond donors (Lipinski definition) is 1. The third-order valence-corrected chi connectivity index (χ3v) is 4.96. The Balaban J connectivity index is 2.19. The molecule has 0 aliphatic carbocycles. The van der Waals surface area contributed by atoms with Crippen LogP contribution in [0.25, 0.3) is 5.65 Å². The Hall–Kier alpha value is -2.80. The van der Waals surface area contributed by atoms with Crippen molar-refractivity contribution < 1.29 is 14.6 Å². The molecule has 7 heteroatoms. The number of methoxy groups -OCH3 is 1. The van der Waals surface area contributed by atoms with Crippen LogP contribution in [0.4, 0.5) is 0 Å². The molecule has 1 atom stereocenters. The smallest absolute Gasteiger partial charge is 0.306 e. The van der Waals surface area contributed by atoms with Crippen molar-refractivity contribution in [3.05, 3.63) is 70.1 Å². The topological polar surface area (TPSA) is 80.9 Å². The first-order valence-corrected chi connectivity index (χ1v) is 9.18. The molecule has 1 N–H and O–H groups in total. The van der Waals surface area contributed by atoms with E-state index < -0.39 is 17.4 Å². The first-order valence-electron chi connectivity index (χ1n) is 7.96. The minimum absolute atomic E-state index is 0.0709. The Morgan fingerprint density at radius 1 is 1.27 bits per heavy atom. The second-order valence-electron chi connectivity index (χ2n) is 5.69. The van der Waals surface area contributed by atoms with Gasteiger partial charge in [-0.1, -0.05) is 18.2 Å². The number of fused-ring (bicyclic) bond motifs is 1. The Morgan fingerprint density at radius 2 is 2.00 bits per heavy atom. The molecule has 3 rings (SSSR count). The van der Waals surface area contributed by atoms with Gasteiger partial charge in [0.25, 0.3) is 5.56 Å². The van der Waals surface area contributed by atoms with Gasteiger partial charge in [0.2, 0.25) is 5.88 Å². The van der Waals surface area contributed by atoms with E-state index in [1.807, 2.05) is 30.5 Å². The lowest BCUT2D eigenvalue weighted by Crippen LogP contribution is -2.24. The summed E-state index contributed by atoms with van der Waals surface area (Å²) in [4.78, 5) is 30.1. The fourth-order valence-electron chi connectivity index (χ4n) is 2.87. The van der Waals surface area contributed by atoms with Gasteiger partial charge in [-0.25, -0.2) is 0 Å². The van der Waals surface area contributed by atoms with Crippen LogP contribution in [0.1, 0.15) is 23.5 Å². The lowest BCUT2D eigenvalue weighted by atomic mass is 9.89. The lowest BCUT2D eigenvalue weighted by molar-refractivity contribution is -0.140. The van der Waals surface area contributed by atoms with Gasteiger partial charge in [0.15, 0.2) is 0 Å². The fourth-order valence-corrected chi connectivity index (χ4v) is 3.28. The van der Waals surface area contributed by atoms with Crippen LogP contribution < -0.4 is 5.56 Å². The molecule has 0 saturated carbocycles. The van der Waals surface area contributed by atoms with Crippen molar-refractivity contribution in [2.24, 2.45) is 0 Å². The number of ether oxygens (including phenoxy) is 1. The van der Waals surface area contributed by atoms with Crippen molar-refractivity contribution in [3.63, 3.8) is 0 Å². The molecular formula is C19H18N2O4S. The van der Waals surface area contributed by atoms with E-state index in [0.29, 0.717) is 5.65 Å².